The Kier molecular flexibility index (Phi) is 6.94. The summed E-state index contributed by atoms with van der Waals surface area (Å²) in [6.45, 7) is 1.77. The van der Waals surface area contributed by atoms with E-state index in [1.165, 1.54) is 11.8 Å². The van der Waals surface area contributed by atoms with Gasteiger partial charge in [0, 0.05) is 23.6 Å². The Balaban J connectivity index is 1.65. The molecule has 2 aromatic carbocycles. The summed E-state index contributed by atoms with van der Waals surface area (Å²) in [5.41, 5.74) is 2.53. The maximum absolute atomic E-state index is 12.8. The van der Waals surface area contributed by atoms with Gasteiger partial charge >= 0.3 is 0 Å². The number of pyridine rings is 1. The molecule has 0 unspecified atom stereocenters. The summed E-state index contributed by atoms with van der Waals surface area (Å²) in [5, 5.41) is 21.4. The SMILES string of the molecule is C[C@H](Sc1nnc(-c2ccncc2)n1-c1ccc(Cl)c(Cl)c1)C(=O)Nc1cccc(C#N)c1. The number of nitrogens with zero attached hydrogens (tertiary/aromatic N) is 5. The molecule has 0 radical (unpaired) electrons. The number of halogens is 2. The molecule has 33 heavy (non-hydrogen) atoms. The quantitative estimate of drug-likeness (QED) is 0.349. The lowest BCUT2D eigenvalue weighted by Gasteiger charge is -2.14. The highest BCUT2D eigenvalue weighted by Crippen LogP contribution is 2.33. The van der Waals surface area contributed by atoms with Crippen molar-refractivity contribution in [1.29, 1.82) is 5.26 Å². The highest BCUT2D eigenvalue weighted by atomic mass is 35.5. The third-order valence-corrected chi connectivity index (χ3v) is 6.43. The first-order valence-electron chi connectivity index (χ1n) is 9.75. The minimum absolute atomic E-state index is 0.232. The maximum atomic E-state index is 12.8. The second-order valence-corrected chi connectivity index (χ2v) is 9.04. The summed E-state index contributed by atoms with van der Waals surface area (Å²) in [6.07, 6.45) is 3.34. The van der Waals surface area contributed by atoms with Gasteiger partial charge in [-0.05, 0) is 55.5 Å². The fraction of sp³-hybridized carbons (Fsp3) is 0.0870. The van der Waals surface area contributed by atoms with E-state index in [4.69, 9.17) is 28.5 Å². The van der Waals surface area contributed by atoms with Gasteiger partial charge in [0.2, 0.25) is 5.91 Å². The third kappa shape index (κ3) is 5.17. The van der Waals surface area contributed by atoms with Crippen LogP contribution in [0.15, 0.2) is 72.1 Å². The van der Waals surface area contributed by atoms with Gasteiger partial charge in [-0.2, -0.15) is 5.26 Å². The van der Waals surface area contributed by atoms with E-state index in [9.17, 15) is 4.79 Å². The summed E-state index contributed by atoms with van der Waals surface area (Å²) in [4.78, 5) is 16.9. The van der Waals surface area contributed by atoms with Gasteiger partial charge in [0.15, 0.2) is 11.0 Å². The molecule has 0 bridgehead atoms. The number of amides is 1. The van der Waals surface area contributed by atoms with Crippen molar-refractivity contribution >= 4 is 46.6 Å². The van der Waals surface area contributed by atoms with Gasteiger partial charge in [-0.1, -0.05) is 41.0 Å². The number of hydrogen-bond donors (Lipinski definition) is 1. The van der Waals surface area contributed by atoms with Gasteiger partial charge in [0.05, 0.1) is 32.6 Å². The Hall–Kier alpha value is -3.38. The second-order valence-electron chi connectivity index (χ2n) is 6.92. The Bertz CT molecular complexity index is 1350. The van der Waals surface area contributed by atoms with Gasteiger partial charge in [0.1, 0.15) is 0 Å². The maximum Gasteiger partial charge on any atom is 0.237 e. The van der Waals surface area contributed by atoms with E-state index in [-0.39, 0.29) is 5.91 Å². The lowest BCUT2D eigenvalue weighted by Crippen LogP contribution is -2.23. The molecule has 2 aromatic heterocycles. The summed E-state index contributed by atoms with van der Waals surface area (Å²) < 4.78 is 1.82. The first-order valence-corrected chi connectivity index (χ1v) is 11.4. The molecule has 1 amide bonds. The Morgan fingerprint density at radius 3 is 2.61 bits per heavy atom. The van der Waals surface area contributed by atoms with Crippen molar-refractivity contribution in [3.05, 3.63) is 82.6 Å². The topological polar surface area (TPSA) is 96.5 Å². The number of aromatic nitrogens is 4. The van der Waals surface area contributed by atoms with Crippen LogP contribution < -0.4 is 5.32 Å². The molecule has 7 nitrogen and oxygen atoms in total. The van der Waals surface area contributed by atoms with E-state index in [0.717, 1.165) is 5.56 Å². The van der Waals surface area contributed by atoms with Crippen LogP contribution in [-0.2, 0) is 4.79 Å². The van der Waals surface area contributed by atoms with Crippen molar-refractivity contribution in [2.24, 2.45) is 0 Å². The second kappa shape index (κ2) is 10.0. The van der Waals surface area contributed by atoms with Crippen LogP contribution in [0.3, 0.4) is 0 Å². The minimum Gasteiger partial charge on any atom is -0.325 e. The van der Waals surface area contributed by atoms with E-state index in [0.29, 0.717) is 38.0 Å². The molecule has 1 atom stereocenters. The number of hydrogen-bond acceptors (Lipinski definition) is 6. The van der Waals surface area contributed by atoms with Gasteiger partial charge in [-0.15, -0.1) is 10.2 Å². The molecular weight excluding hydrogens is 479 g/mol. The van der Waals surface area contributed by atoms with Crippen LogP contribution in [0.1, 0.15) is 12.5 Å². The smallest absolute Gasteiger partial charge is 0.237 e. The van der Waals surface area contributed by atoms with Crippen molar-refractivity contribution in [3.8, 4) is 23.1 Å². The van der Waals surface area contributed by atoms with E-state index >= 15 is 0 Å². The average Bonchev–Trinajstić information content (AvgIpc) is 3.25. The average molecular weight is 495 g/mol. The molecule has 164 valence electrons. The van der Waals surface area contributed by atoms with Crippen LogP contribution >= 0.6 is 35.0 Å². The van der Waals surface area contributed by atoms with Gasteiger partial charge in [0.25, 0.3) is 0 Å². The lowest BCUT2D eigenvalue weighted by molar-refractivity contribution is -0.115. The molecular formula is C23H16Cl2N6OS. The number of carbonyl (C=O) groups is 1. The fourth-order valence-corrected chi connectivity index (χ4v) is 4.17. The lowest BCUT2D eigenvalue weighted by atomic mass is 10.2. The monoisotopic (exact) mass is 494 g/mol. The third-order valence-electron chi connectivity index (χ3n) is 4.64. The van der Waals surface area contributed by atoms with Crippen molar-refractivity contribution in [2.75, 3.05) is 5.32 Å². The molecule has 0 spiro atoms. The summed E-state index contributed by atoms with van der Waals surface area (Å²) in [5.74, 6) is 0.344. The van der Waals surface area contributed by atoms with Crippen molar-refractivity contribution in [1.82, 2.24) is 19.7 Å². The first-order chi connectivity index (χ1) is 16.0. The summed E-state index contributed by atoms with van der Waals surface area (Å²) in [6, 6.07) is 17.7. The summed E-state index contributed by atoms with van der Waals surface area (Å²) in [7, 11) is 0. The predicted molar refractivity (Wildman–Crippen MR) is 130 cm³/mol. The van der Waals surface area contributed by atoms with E-state index in [1.807, 2.05) is 22.8 Å². The zero-order valence-electron chi connectivity index (χ0n) is 17.2. The highest BCUT2D eigenvalue weighted by Gasteiger charge is 2.22. The zero-order valence-corrected chi connectivity index (χ0v) is 19.6. The largest absolute Gasteiger partial charge is 0.325 e. The molecule has 0 aliphatic heterocycles. The van der Waals surface area contributed by atoms with Crippen LogP contribution in [0.5, 0.6) is 0 Å². The molecule has 0 saturated carbocycles. The first kappa shape index (κ1) is 22.8. The normalized spacial score (nSPS) is 11.6. The van der Waals surface area contributed by atoms with Crippen LogP contribution in [0, 0.1) is 11.3 Å². The Labute approximate surface area is 204 Å². The number of anilines is 1. The number of rotatable bonds is 6. The Morgan fingerprint density at radius 1 is 1.09 bits per heavy atom. The van der Waals surface area contributed by atoms with E-state index in [2.05, 4.69) is 26.6 Å². The van der Waals surface area contributed by atoms with Gasteiger partial charge < -0.3 is 5.32 Å². The van der Waals surface area contributed by atoms with Gasteiger partial charge in [-0.3, -0.25) is 14.3 Å². The molecule has 0 aliphatic carbocycles. The number of carbonyl (C=O) groups excluding carboxylic acids is 1. The molecule has 2 heterocycles. The highest BCUT2D eigenvalue weighted by molar-refractivity contribution is 8.00. The Morgan fingerprint density at radius 2 is 1.88 bits per heavy atom. The molecule has 0 fully saturated rings. The van der Waals surface area contributed by atoms with Crippen LogP contribution in [0.2, 0.25) is 10.0 Å². The van der Waals surface area contributed by atoms with Crippen LogP contribution in [-0.4, -0.2) is 30.9 Å². The van der Waals surface area contributed by atoms with E-state index < -0.39 is 5.25 Å². The molecule has 4 aromatic rings. The molecule has 10 heteroatoms. The standard InChI is InChI=1S/C23H16Cl2N6OS/c1-14(22(32)28-17-4-2-3-15(11-17)13-26)33-23-30-29-21(16-7-9-27-10-8-16)31(23)18-5-6-19(24)20(25)12-18/h2-12,14H,1H3,(H,28,32)/t14-/m0/s1. The zero-order chi connectivity index (χ0) is 23.4. The number of benzene rings is 2. The molecule has 1 N–H and O–H groups in total. The minimum atomic E-state index is -0.508. The number of nitrogens with one attached hydrogen (secondary N) is 1. The summed E-state index contributed by atoms with van der Waals surface area (Å²) >= 11 is 13.6. The van der Waals surface area contributed by atoms with Crippen molar-refractivity contribution in [3.63, 3.8) is 0 Å². The molecule has 0 saturated heterocycles. The molecule has 4 rings (SSSR count). The fourth-order valence-electron chi connectivity index (χ4n) is 3.01. The van der Waals surface area contributed by atoms with Crippen LogP contribution in [0.25, 0.3) is 17.1 Å². The van der Waals surface area contributed by atoms with Crippen molar-refractivity contribution < 1.29 is 4.79 Å². The van der Waals surface area contributed by atoms with Crippen LogP contribution in [0.4, 0.5) is 5.69 Å². The number of thioether (sulfide) groups is 1. The molecule has 0 aliphatic rings. The van der Waals surface area contributed by atoms with Crippen molar-refractivity contribution in [2.45, 2.75) is 17.3 Å². The predicted octanol–water partition coefficient (Wildman–Crippen LogP) is 5.63. The van der Waals surface area contributed by atoms with E-state index in [1.54, 1.807) is 55.7 Å². The number of nitriles is 1. The van der Waals surface area contributed by atoms with Gasteiger partial charge in [-0.25, -0.2) is 0 Å².